The molecule has 0 bridgehead atoms. The van der Waals surface area contributed by atoms with Crippen LogP contribution in [0.3, 0.4) is 0 Å². The van der Waals surface area contributed by atoms with Crippen LogP contribution in [-0.2, 0) is 23.1 Å². The minimum absolute atomic E-state index is 0.0789. The van der Waals surface area contributed by atoms with Crippen LogP contribution in [0.2, 0.25) is 0 Å². The molecule has 1 aliphatic carbocycles. The van der Waals surface area contributed by atoms with Crippen LogP contribution in [0, 0.1) is 5.92 Å². The van der Waals surface area contributed by atoms with E-state index in [0.717, 1.165) is 18.7 Å². The van der Waals surface area contributed by atoms with Crippen LogP contribution in [0.25, 0.3) is 0 Å². The second kappa shape index (κ2) is 6.13. The highest BCUT2D eigenvalue weighted by Crippen LogP contribution is 2.28. The summed E-state index contributed by atoms with van der Waals surface area (Å²) < 4.78 is 7.51. The summed E-state index contributed by atoms with van der Waals surface area (Å²) in [6.07, 6.45) is 4.63. The molecule has 0 aromatic carbocycles. The summed E-state index contributed by atoms with van der Waals surface area (Å²) >= 11 is 0. The summed E-state index contributed by atoms with van der Waals surface area (Å²) in [6, 6.07) is -0.135. The van der Waals surface area contributed by atoms with Crippen molar-refractivity contribution in [1.29, 1.82) is 0 Å². The predicted molar refractivity (Wildman–Crippen MR) is 75.3 cm³/mol. The van der Waals surface area contributed by atoms with E-state index in [2.05, 4.69) is 15.6 Å². The number of amides is 1. The lowest BCUT2D eigenvalue weighted by atomic mass is 10.1. The molecule has 0 radical (unpaired) electrons. The lowest BCUT2D eigenvalue weighted by molar-refractivity contribution is -0.123. The number of aliphatic hydroxyl groups is 1. The van der Waals surface area contributed by atoms with Gasteiger partial charge in [-0.25, -0.2) is 4.98 Å². The quantitative estimate of drug-likeness (QED) is 0.637. The molecule has 1 aromatic heterocycles. The minimum atomic E-state index is -0.621. The lowest BCUT2D eigenvalue weighted by Crippen LogP contribution is -2.45. The summed E-state index contributed by atoms with van der Waals surface area (Å²) in [5, 5.41) is 16.4. The molecule has 3 rings (SSSR count). The van der Waals surface area contributed by atoms with E-state index in [-0.39, 0.29) is 24.0 Å². The molecule has 7 heteroatoms. The SMILES string of the molecule is Cn1ccnc1CNC1COC(CNC(=O)C2CC2)C1O. The summed E-state index contributed by atoms with van der Waals surface area (Å²) in [4.78, 5) is 15.8. The molecule has 3 atom stereocenters. The van der Waals surface area contributed by atoms with Crippen molar-refractivity contribution in [3.8, 4) is 0 Å². The summed E-state index contributed by atoms with van der Waals surface area (Å²) in [5.74, 6) is 1.17. The first kappa shape index (κ1) is 14.5. The van der Waals surface area contributed by atoms with Crippen molar-refractivity contribution in [2.24, 2.45) is 13.0 Å². The molecule has 1 amide bonds. The summed E-state index contributed by atoms with van der Waals surface area (Å²) in [5.41, 5.74) is 0. The van der Waals surface area contributed by atoms with Crippen LogP contribution in [0.1, 0.15) is 18.7 Å². The Bertz CT molecular complexity index is 500. The molecule has 21 heavy (non-hydrogen) atoms. The first-order chi connectivity index (χ1) is 10.1. The van der Waals surface area contributed by atoms with Crippen LogP contribution >= 0.6 is 0 Å². The number of ether oxygens (including phenoxy) is 1. The zero-order valence-corrected chi connectivity index (χ0v) is 12.2. The van der Waals surface area contributed by atoms with Gasteiger partial charge >= 0.3 is 0 Å². The zero-order chi connectivity index (χ0) is 14.8. The van der Waals surface area contributed by atoms with E-state index in [0.29, 0.717) is 19.7 Å². The molecule has 2 fully saturated rings. The molecule has 7 nitrogen and oxygen atoms in total. The fraction of sp³-hybridized carbons (Fsp3) is 0.714. The lowest BCUT2D eigenvalue weighted by Gasteiger charge is -2.18. The first-order valence-corrected chi connectivity index (χ1v) is 7.42. The smallest absolute Gasteiger partial charge is 0.223 e. The van der Waals surface area contributed by atoms with Gasteiger partial charge in [-0.2, -0.15) is 0 Å². The number of hydrogen-bond donors (Lipinski definition) is 3. The number of aliphatic hydroxyl groups excluding tert-OH is 1. The Morgan fingerprint density at radius 1 is 1.57 bits per heavy atom. The van der Waals surface area contributed by atoms with Crippen LogP contribution in [0.4, 0.5) is 0 Å². The average Bonchev–Trinajstić information content (AvgIpc) is 3.16. The largest absolute Gasteiger partial charge is 0.389 e. The Morgan fingerprint density at radius 3 is 3.05 bits per heavy atom. The first-order valence-electron chi connectivity index (χ1n) is 7.42. The molecule has 1 aliphatic heterocycles. The number of carbonyl (C=O) groups excluding carboxylic acids is 1. The van der Waals surface area contributed by atoms with E-state index < -0.39 is 6.10 Å². The third-order valence-corrected chi connectivity index (χ3v) is 4.15. The van der Waals surface area contributed by atoms with Gasteiger partial charge in [0.05, 0.1) is 25.3 Å². The third-order valence-electron chi connectivity index (χ3n) is 4.15. The number of nitrogens with zero attached hydrogens (tertiary/aromatic N) is 2. The molecular weight excluding hydrogens is 272 g/mol. The van der Waals surface area contributed by atoms with E-state index in [9.17, 15) is 9.90 Å². The van der Waals surface area contributed by atoms with Gasteiger partial charge in [0.15, 0.2) is 0 Å². The van der Waals surface area contributed by atoms with Gasteiger partial charge in [0.2, 0.25) is 5.91 Å². The van der Waals surface area contributed by atoms with Gasteiger partial charge in [-0.05, 0) is 12.8 Å². The number of hydrogen-bond acceptors (Lipinski definition) is 5. The Kier molecular flexibility index (Phi) is 4.23. The van der Waals surface area contributed by atoms with Crippen molar-refractivity contribution in [2.45, 2.75) is 37.6 Å². The maximum Gasteiger partial charge on any atom is 0.223 e. The molecule has 2 aliphatic rings. The second-order valence-corrected chi connectivity index (χ2v) is 5.82. The van der Waals surface area contributed by atoms with Gasteiger partial charge in [-0.15, -0.1) is 0 Å². The topological polar surface area (TPSA) is 88.4 Å². The highest BCUT2D eigenvalue weighted by molar-refractivity contribution is 5.80. The minimum Gasteiger partial charge on any atom is -0.389 e. The average molecular weight is 294 g/mol. The van der Waals surface area contributed by atoms with E-state index in [1.54, 1.807) is 6.20 Å². The van der Waals surface area contributed by atoms with Crippen LogP contribution < -0.4 is 10.6 Å². The van der Waals surface area contributed by atoms with Gasteiger partial charge in [0.1, 0.15) is 11.9 Å². The molecule has 1 saturated carbocycles. The van der Waals surface area contributed by atoms with Gasteiger partial charge in [0.25, 0.3) is 0 Å². The highest BCUT2D eigenvalue weighted by atomic mass is 16.5. The number of aromatic nitrogens is 2. The van der Waals surface area contributed by atoms with Gasteiger partial charge in [-0.3, -0.25) is 4.79 Å². The zero-order valence-electron chi connectivity index (χ0n) is 12.2. The maximum atomic E-state index is 11.6. The molecule has 0 spiro atoms. The van der Waals surface area contributed by atoms with E-state index in [4.69, 9.17) is 4.74 Å². The number of carbonyl (C=O) groups is 1. The normalized spacial score (nSPS) is 28.8. The van der Waals surface area contributed by atoms with Crippen molar-refractivity contribution in [3.05, 3.63) is 18.2 Å². The Balaban J connectivity index is 1.43. The molecule has 1 aromatic rings. The van der Waals surface area contributed by atoms with Crippen molar-refractivity contribution in [1.82, 2.24) is 20.2 Å². The van der Waals surface area contributed by atoms with E-state index in [1.165, 1.54) is 0 Å². The molecular formula is C14H22N4O3. The van der Waals surface area contributed by atoms with Crippen molar-refractivity contribution in [3.63, 3.8) is 0 Å². The number of rotatable bonds is 6. The Hall–Kier alpha value is -1.44. The monoisotopic (exact) mass is 294 g/mol. The fourth-order valence-electron chi connectivity index (χ4n) is 2.52. The third kappa shape index (κ3) is 3.42. The number of nitrogens with one attached hydrogen (secondary N) is 2. The Labute approximate surface area is 123 Å². The van der Waals surface area contributed by atoms with Gasteiger partial charge in [0, 0.05) is 31.9 Å². The maximum absolute atomic E-state index is 11.6. The standard InChI is InChI=1S/C14H22N4O3/c1-18-5-4-15-12(18)7-16-10-8-21-11(13(10)19)6-17-14(20)9-2-3-9/h4-5,9-11,13,16,19H,2-3,6-8H2,1H3,(H,17,20). The Morgan fingerprint density at radius 2 is 2.38 bits per heavy atom. The fourth-order valence-corrected chi connectivity index (χ4v) is 2.52. The van der Waals surface area contributed by atoms with E-state index in [1.807, 2.05) is 17.8 Å². The molecule has 3 N–H and O–H groups in total. The molecule has 1 saturated heterocycles. The summed E-state index contributed by atoms with van der Waals surface area (Å²) in [6.45, 7) is 1.39. The van der Waals surface area contributed by atoms with Gasteiger partial charge in [-0.1, -0.05) is 0 Å². The van der Waals surface area contributed by atoms with E-state index >= 15 is 0 Å². The van der Waals surface area contributed by atoms with Gasteiger partial charge < -0.3 is 25.0 Å². The van der Waals surface area contributed by atoms with Crippen LogP contribution in [0.5, 0.6) is 0 Å². The number of aryl methyl sites for hydroxylation is 1. The van der Waals surface area contributed by atoms with Crippen LogP contribution in [-0.4, -0.2) is 52.0 Å². The number of imidazole rings is 1. The molecule has 116 valence electrons. The summed E-state index contributed by atoms with van der Waals surface area (Å²) in [7, 11) is 1.93. The highest BCUT2D eigenvalue weighted by Gasteiger charge is 2.37. The predicted octanol–water partition coefficient (Wildman–Crippen LogP) is -0.836. The van der Waals surface area contributed by atoms with Crippen molar-refractivity contribution in [2.75, 3.05) is 13.2 Å². The molecule has 3 unspecified atom stereocenters. The van der Waals surface area contributed by atoms with Crippen LogP contribution in [0.15, 0.2) is 12.4 Å². The van der Waals surface area contributed by atoms with Crippen molar-refractivity contribution < 1.29 is 14.6 Å². The van der Waals surface area contributed by atoms with Crippen molar-refractivity contribution >= 4 is 5.91 Å². The molecule has 2 heterocycles. The second-order valence-electron chi connectivity index (χ2n) is 5.82.